The van der Waals surface area contributed by atoms with Crippen molar-refractivity contribution >= 4 is 0 Å². The van der Waals surface area contributed by atoms with Crippen LogP contribution >= 0.6 is 0 Å². The van der Waals surface area contributed by atoms with Gasteiger partial charge in [-0.3, -0.25) is 0 Å². The van der Waals surface area contributed by atoms with Gasteiger partial charge in [0.15, 0.2) is 0 Å². The number of hydrogen-bond acceptors (Lipinski definition) is 3. The van der Waals surface area contributed by atoms with Crippen LogP contribution in [0.5, 0.6) is 0 Å². The van der Waals surface area contributed by atoms with Gasteiger partial charge in [-0.05, 0) is 6.92 Å². The number of H-pyrrole nitrogens is 1. The fourth-order valence-electron chi connectivity index (χ4n) is 1.51. The van der Waals surface area contributed by atoms with Gasteiger partial charge in [-0.15, -0.1) is 0 Å². The Hall–Kier alpha value is -0.870. The van der Waals surface area contributed by atoms with E-state index in [2.05, 4.69) is 9.97 Å². The average molecular weight is 153 g/mol. The predicted octanol–water partition coefficient (Wildman–Crippen LogP) is -0.365. The van der Waals surface area contributed by atoms with E-state index in [1.165, 1.54) is 0 Å². The Morgan fingerprint density at radius 3 is 3.09 bits per heavy atom. The van der Waals surface area contributed by atoms with Gasteiger partial charge in [-0.25, -0.2) is 4.98 Å². The zero-order chi connectivity index (χ0) is 8.01. The van der Waals surface area contributed by atoms with Crippen LogP contribution in [0.3, 0.4) is 0 Å². The van der Waals surface area contributed by atoms with E-state index in [0.717, 1.165) is 17.2 Å². The van der Waals surface area contributed by atoms with Gasteiger partial charge in [0.1, 0.15) is 11.9 Å². The summed E-state index contributed by atoms with van der Waals surface area (Å²) in [4.78, 5) is 7.20. The SMILES string of the molecule is Cc1nc2c([nH]1)CC(N)C2O. The molecule has 4 heteroatoms. The first-order chi connectivity index (χ1) is 5.18. The highest BCUT2D eigenvalue weighted by atomic mass is 16.3. The van der Waals surface area contributed by atoms with Gasteiger partial charge in [-0.2, -0.15) is 0 Å². The minimum absolute atomic E-state index is 0.177. The number of nitrogens with two attached hydrogens (primary N) is 1. The second kappa shape index (κ2) is 2.06. The molecule has 1 aliphatic rings. The molecule has 1 aliphatic carbocycles. The summed E-state index contributed by atoms with van der Waals surface area (Å²) in [5, 5.41) is 9.46. The minimum Gasteiger partial charge on any atom is -0.385 e. The molecule has 0 bridgehead atoms. The monoisotopic (exact) mass is 153 g/mol. The van der Waals surface area contributed by atoms with Crippen molar-refractivity contribution in [3.63, 3.8) is 0 Å². The lowest BCUT2D eigenvalue weighted by Gasteiger charge is -2.06. The molecule has 60 valence electrons. The first-order valence-corrected chi connectivity index (χ1v) is 3.67. The lowest BCUT2D eigenvalue weighted by atomic mass is 10.2. The lowest BCUT2D eigenvalue weighted by Crippen LogP contribution is -2.25. The van der Waals surface area contributed by atoms with Crippen molar-refractivity contribution in [2.45, 2.75) is 25.5 Å². The predicted molar refractivity (Wildman–Crippen MR) is 40.0 cm³/mol. The van der Waals surface area contributed by atoms with E-state index >= 15 is 0 Å². The molecular weight excluding hydrogens is 142 g/mol. The molecule has 0 aliphatic heterocycles. The topological polar surface area (TPSA) is 74.9 Å². The molecule has 0 spiro atoms. The van der Waals surface area contributed by atoms with Crippen LogP contribution in [0.2, 0.25) is 0 Å². The Labute approximate surface area is 64.4 Å². The third-order valence-electron chi connectivity index (χ3n) is 2.05. The Morgan fingerprint density at radius 1 is 1.73 bits per heavy atom. The quantitative estimate of drug-likeness (QED) is 0.476. The van der Waals surface area contributed by atoms with Crippen LogP contribution in [0, 0.1) is 6.92 Å². The van der Waals surface area contributed by atoms with Crippen LogP contribution in [-0.2, 0) is 6.42 Å². The number of imidazole rings is 1. The van der Waals surface area contributed by atoms with Gasteiger partial charge in [0.25, 0.3) is 0 Å². The number of nitrogens with zero attached hydrogens (tertiary/aromatic N) is 1. The van der Waals surface area contributed by atoms with E-state index in [9.17, 15) is 5.11 Å². The number of rotatable bonds is 0. The van der Waals surface area contributed by atoms with E-state index < -0.39 is 6.10 Å². The number of aryl methyl sites for hydroxylation is 1. The summed E-state index contributed by atoms with van der Waals surface area (Å²) >= 11 is 0. The molecule has 4 N–H and O–H groups in total. The highest BCUT2D eigenvalue weighted by molar-refractivity contribution is 5.25. The lowest BCUT2D eigenvalue weighted by molar-refractivity contribution is 0.155. The number of aliphatic hydroxyl groups excluding tert-OH is 1. The number of hydrogen-bond donors (Lipinski definition) is 3. The number of aromatic amines is 1. The Bertz CT molecular complexity index is 281. The molecule has 1 aromatic heterocycles. The second-order valence-electron chi connectivity index (χ2n) is 3.00. The van der Waals surface area contributed by atoms with Crippen molar-refractivity contribution in [3.8, 4) is 0 Å². The molecule has 1 aromatic rings. The van der Waals surface area contributed by atoms with Crippen LogP contribution in [0.1, 0.15) is 23.3 Å². The Morgan fingerprint density at radius 2 is 2.45 bits per heavy atom. The number of fused-ring (bicyclic) bond motifs is 1. The highest BCUT2D eigenvalue weighted by Gasteiger charge is 2.31. The zero-order valence-corrected chi connectivity index (χ0v) is 6.33. The molecule has 0 saturated heterocycles. The normalized spacial score (nSPS) is 29.0. The number of aromatic nitrogens is 2. The molecular formula is C7H11N3O. The van der Waals surface area contributed by atoms with Crippen molar-refractivity contribution < 1.29 is 5.11 Å². The van der Waals surface area contributed by atoms with Crippen molar-refractivity contribution in [1.82, 2.24) is 9.97 Å². The van der Waals surface area contributed by atoms with Crippen molar-refractivity contribution in [2.24, 2.45) is 5.73 Å². The standard InChI is InChI=1S/C7H11N3O/c1-3-9-5-2-4(8)7(11)6(5)10-3/h4,7,11H,2,8H2,1H3,(H,9,10). The third-order valence-corrected chi connectivity index (χ3v) is 2.05. The molecule has 11 heavy (non-hydrogen) atoms. The first kappa shape index (κ1) is 6.82. The molecule has 2 rings (SSSR count). The highest BCUT2D eigenvalue weighted by Crippen LogP contribution is 2.27. The van der Waals surface area contributed by atoms with E-state index in [0.29, 0.717) is 6.42 Å². The Balaban J connectivity index is 2.44. The molecule has 1 heterocycles. The van der Waals surface area contributed by atoms with Crippen molar-refractivity contribution in [1.29, 1.82) is 0 Å². The summed E-state index contributed by atoms with van der Waals surface area (Å²) < 4.78 is 0. The molecule has 2 atom stereocenters. The van der Waals surface area contributed by atoms with Crippen LogP contribution in [-0.4, -0.2) is 21.1 Å². The van der Waals surface area contributed by atoms with Gasteiger partial charge in [0.2, 0.25) is 0 Å². The van der Waals surface area contributed by atoms with E-state index in [1.54, 1.807) is 0 Å². The van der Waals surface area contributed by atoms with Crippen molar-refractivity contribution in [2.75, 3.05) is 0 Å². The van der Waals surface area contributed by atoms with Gasteiger partial charge in [0.05, 0.1) is 5.69 Å². The zero-order valence-electron chi connectivity index (χ0n) is 6.33. The summed E-state index contributed by atoms with van der Waals surface area (Å²) in [5.41, 5.74) is 7.33. The molecule has 0 saturated carbocycles. The van der Waals surface area contributed by atoms with E-state index in [-0.39, 0.29) is 6.04 Å². The number of nitrogens with one attached hydrogen (secondary N) is 1. The third kappa shape index (κ3) is 0.868. The van der Waals surface area contributed by atoms with Crippen molar-refractivity contribution in [3.05, 3.63) is 17.2 Å². The maximum atomic E-state index is 9.46. The van der Waals surface area contributed by atoms with E-state index in [1.807, 2.05) is 6.92 Å². The molecule has 0 amide bonds. The minimum atomic E-state index is -0.574. The maximum Gasteiger partial charge on any atom is 0.113 e. The molecule has 2 unspecified atom stereocenters. The molecule has 0 aromatic carbocycles. The van der Waals surface area contributed by atoms with Gasteiger partial charge < -0.3 is 15.8 Å². The maximum absolute atomic E-state index is 9.46. The molecule has 0 fully saturated rings. The summed E-state index contributed by atoms with van der Waals surface area (Å²) in [6.07, 6.45) is 0.132. The van der Waals surface area contributed by atoms with Gasteiger partial charge in [-0.1, -0.05) is 0 Å². The first-order valence-electron chi connectivity index (χ1n) is 3.67. The summed E-state index contributed by atoms with van der Waals surface area (Å²) in [7, 11) is 0. The largest absolute Gasteiger partial charge is 0.385 e. The smallest absolute Gasteiger partial charge is 0.113 e. The van der Waals surface area contributed by atoms with E-state index in [4.69, 9.17) is 5.73 Å². The second-order valence-corrected chi connectivity index (χ2v) is 3.00. The molecule has 4 nitrogen and oxygen atoms in total. The van der Waals surface area contributed by atoms with Crippen LogP contribution < -0.4 is 5.73 Å². The Kier molecular flexibility index (Phi) is 1.27. The van der Waals surface area contributed by atoms with Crippen LogP contribution in [0.25, 0.3) is 0 Å². The fourth-order valence-corrected chi connectivity index (χ4v) is 1.51. The van der Waals surface area contributed by atoms with Crippen LogP contribution in [0.4, 0.5) is 0 Å². The summed E-state index contributed by atoms with van der Waals surface area (Å²) in [6, 6.07) is -0.177. The van der Waals surface area contributed by atoms with Gasteiger partial charge >= 0.3 is 0 Å². The fraction of sp³-hybridized carbons (Fsp3) is 0.571. The average Bonchev–Trinajstić information content (AvgIpc) is 2.37. The number of aliphatic hydroxyl groups is 1. The van der Waals surface area contributed by atoms with Gasteiger partial charge in [0, 0.05) is 18.2 Å². The van der Waals surface area contributed by atoms with Crippen LogP contribution in [0.15, 0.2) is 0 Å². The molecule has 0 radical (unpaired) electrons. The summed E-state index contributed by atoms with van der Waals surface area (Å²) in [5.74, 6) is 0.848. The summed E-state index contributed by atoms with van der Waals surface area (Å²) in [6.45, 7) is 1.87.